The van der Waals surface area contributed by atoms with Gasteiger partial charge in [-0.15, -0.1) is 0 Å². The van der Waals surface area contributed by atoms with E-state index in [0.717, 1.165) is 6.08 Å². The molecule has 0 saturated heterocycles. The van der Waals surface area contributed by atoms with Gasteiger partial charge in [0.2, 0.25) is 0 Å². The quantitative estimate of drug-likeness (QED) is 0.440. The van der Waals surface area contributed by atoms with Crippen LogP contribution in [0.4, 0.5) is 0 Å². The third-order valence-electron chi connectivity index (χ3n) is 1.80. The molecule has 0 aromatic heterocycles. The first-order valence-corrected chi connectivity index (χ1v) is 5.60. The van der Waals surface area contributed by atoms with Gasteiger partial charge in [0.25, 0.3) is 9.84 Å². The van der Waals surface area contributed by atoms with Crippen LogP contribution in [-0.2, 0) is 9.84 Å². The molecule has 1 atom stereocenters. The Hall–Kier alpha value is -1.69. The third-order valence-corrected chi connectivity index (χ3v) is 3.73. The van der Waals surface area contributed by atoms with Crippen molar-refractivity contribution in [1.82, 2.24) is 0 Å². The van der Waals surface area contributed by atoms with Gasteiger partial charge in [-0.1, -0.05) is 24.8 Å². The van der Waals surface area contributed by atoms with Gasteiger partial charge >= 0.3 is 5.37 Å². The van der Waals surface area contributed by atoms with Crippen LogP contribution < -0.4 is 0 Å². The molecule has 15 heavy (non-hydrogen) atoms. The van der Waals surface area contributed by atoms with Crippen LogP contribution in [0.1, 0.15) is 0 Å². The molecule has 1 rings (SSSR count). The minimum absolute atomic E-state index is 0.0772. The summed E-state index contributed by atoms with van der Waals surface area (Å²) >= 11 is 0. The van der Waals surface area contributed by atoms with E-state index in [2.05, 4.69) is 6.58 Å². The molecule has 0 aliphatic heterocycles. The van der Waals surface area contributed by atoms with E-state index in [0.29, 0.717) is 0 Å². The normalized spacial score (nSPS) is 13.1. The minimum atomic E-state index is -3.97. The second kappa shape index (κ2) is 4.22. The summed E-state index contributed by atoms with van der Waals surface area (Å²) in [5.74, 6) is 0. The molecular formula is C9H9NO4S. The van der Waals surface area contributed by atoms with Crippen LogP contribution in [0.5, 0.6) is 0 Å². The molecule has 1 aromatic carbocycles. The first kappa shape index (κ1) is 11.4. The van der Waals surface area contributed by atoms with E-state index in [9.17, 15) is 18.5 Å². The maximum Gasteiger partial charge on any atom is 0.332 e. The number of rotatable bonds is 4. The predicted octanol–water partition coefficient (Wildman–Crippen LogP) is 1.25. The van der Waals surface area contributed by atoms with E-state index in [1.54, 1.807) is 6.07 Å². The summed E-state index contributed by atoms with van der Waals surface area (Å²) in [5.41, 5.74) is 0. The Morgan fingerprint density at radius 1 is 1.33 bits per heavy atom. The molecule has 0 heterocycles. The minimum Gasteiger partial charge on any atom is -0.263 e. The summed E-state index contributed by atoms with van der Waals surface area (Å²) in [6.07, 6.45) is 0.808. The highest BCUT2D eigenvalue weighted by atomic mass is 32.2. The van der Waals surface area contributed by atoms with E-state index in [-0.39, 0.29) is 4.90 Å². The molecule has 5 nitrogen and oxygen atoms in total. The highest BCUT2D eigenvalue weighted by Gasteiger charge is 2.34. The Morgan fingerprint density at radius 3 is 2.27 bits per heavy atom. The topological polar surface area (TPSA) is 77.3 Å². The maximum absolute atomic E-state index is 11.7. The highest BCUT2D eigenvalue weighted by molar-refractivity contribution is 7.92. The van der Waals surface area contributed by atoms with Crippen LogP contribution in [0.25, 0.3) is 0 Å². The van der Waals surface area contributed by atoms with Gasteiger partial charge in [0, 0.05) is 4.92 Å². The summed E-state index contributed by atoms with van der Waals surface area (Å²) in [4.78, 5) is 9.55. The molecule has 0 amide bonds. The van der Waals surface area contributed by atoms with Gasteiger partial charge in [0.15, 0.2) is 0 Å². The van der Waals surface area contributed by atoms with Crippen molar-refractivity contribution < 1.29 is 13.3 Å². The summed E-state index contributed by atoms with van der Waals surface area (Å²) in [6, 6.07) is 7.28. The van der Waals surface area contributed by atoms with Crippen LogP contribution in [0, 0.1) is 10.1 Å². The van der Waals surface area contributed by atoms with E-state index in [4.69, 9.17) is 0 Å². The molecule has 6 heteroatoms. The summed E-state index contributed by atoms with van der Waals surface area (Å²) in [6.45, 7) is 3.15. The number of hydrogen-bond acceptors (Lipinski definition) is 4. The Labute approximate surface area is 87.1 Å². The van der Waals surface area contributed by atoms with Crippen LogP contribution in [-0.4, -0.2) is 18.7 Å². The zero-order valence-corrected chi connectivity index (χ0v) is 8.55. The maximum atomic E-state index is 11.7. The van der Waals surface area contributed by atoms with Crippen molar-refractivity contribution in [1.29, 1.82) is 0 Å². The van der Waals surface area contributed by atoms with Gasteiger partial charge in [0.05, 0.1) is 4.90 Å². The summed E-state index contributed by atoms with van der Waals surface area (Å²) < 4.78 is 23.4. The van der Waals surface area contributed by atoms with Crippen LogP contribution in [0.3, 0.4) is 0 Å². The fourth-order valence-corrected chi connectivity index (χ4v) is 2.37. The SMILES string of the molecule is C=CC([N+](=O)[O-])S(=O)(=O)c1ccccc1. The molecule has 0 aliphatic carbocycles. The monoisotopic (exact) mass is 227 g/mol. The summed E-state index contributed by atoms with van der Waals surface area (Å²) in [7, 11) is -3.97. The van der Waals surface area contributed by atoms with Gasteiger partial charge in [-0.25, -0.2) is 8.42 Å². The second-order valence-corrected chi connectivity index (χ2v) is 4.81. The molecule has 0 spiro atoms. The van der Waals surface area contributed by atoms with E-state index < -0.39 is 20.1 Å². The zero-order chi connectivity index (χ0) is 11.5. The second-order valence-electron chi connectivity index (χ2n) is 2.77. The van der Waals surface area contributed by atoms with Gasteiger partial charge in [-0.05, 0) is 18.2 Å². The first-order chi connectivity index (χ1) is 7.00. The number of benzene rings is 1. The van der Waals surface area contributed by atoms with Crippen molar-refractivity contribution in [3.05, 3.63) is 53.1 Å². The molecule has 1 unspecified atom stereocenters. The largest absolute Gasteiger partial charge is 0.332 e. The van der Waals surface area contributed by atoms with Crippen molar-refractivity contribution in [2.75, 3.05) is 0 Å². The average Bonchev–Trinajstić information content (AvgIpc) is 2.19. The van der Waals surface area contributed by atoms with Crippen molar-refractivity contribution >= 4 is 9.84 Å². The molecular weight excluding hydrogens is 218 g/mol. The number of hydrogen-bond donors (Lipinski definition) is 0. The van der Waals surface area contributed by atoms with Gasteiger partial charge < -0.3 is 0 Å². The Bertz CT molecular complexity index is 466. The summed E-state index contributed by atoms with van der Waals surface area (Å²) in [5, 5.41) is 8.71. The average molecular weight is 227 g/mol. The van der Waals surface area contributed by atoms with Crippen LogP contribution >= 0.6 is 0 Å². The molecule has 0 radical (unpaired) electrons. The fourth-order valence-electron chi connectivity index (χ4n) is 1.08. The van der Waals surface area contributed by atoms with Crippen molar-refractivity contribution in [2.24, 2.45) is 0 Å². The molecule has 0 saturated carbocycles. The van der Waals surface area contributed by atoms with Gasteiger partial charge in [-0.2, -0.15) is 0 Å². The smallest absolute Gasteiger partial charge is 0.263 e. The standard InChI is InChI=1S/C9H9NO4S/c1-2-9(10(11)12)15(13,14)8-6-4-3-5-7-8/h2-7,9H,1H2. The Morgan fingerprint density at radius 2 is 1.87 bits per heavy atom. The predicted molar refractivity (Wildman–Crippen MR) is 54.6 cm³/mol. The lowest BCUT2D eigenvalue weighted by Crippen LogP contribution is -2.27. The molecule has 0 aliphatic rings. The van der Waals surface area contributed by atoms with Crippen molar-refractivity contribution in [3.63, 3.8) is 0 Å². The Balaban J connectivity index is 3.24. The molecule has 0 fully saturated rings. The highest BCUT2D eigenvalue weighted by Crippen LogP contribution is 2.16. The number of nitrogens with zero attached hydrogens (tertiary/aromatic N) is 1. The lowest BCUT2D eigenvalue weighted by molar-refractivity contribution is -0.485. The fraction of sp³-hybridized carbons (Fsp3) is 0.111. The third kappa shape index (κ3) is 2.21. The zero-order valence-electron chi connectivity index (χ0n) is 7.74. The first-order valence-electron chi connectivity index (χ1n) is 4.05. The van der Waals surface area contributed by atoms with Crippen LogP contribution in [0.2, 0.25) is 0 Å². The van der Waals surface area contributed by atoms with Crippen molar-refractivity contribution in [3.8, 4) is 0 Å². The molecule has 80 valence electrons. The van der Waals surface area contributed by atoms with Gasteiger partial charge in [-0.3, -0.25) is 10.1 Å². The van der Waals surface area contributed by atoms with E-state index in [1.165, 1.54) is 24.3 Å². The number of nitro groups is 1. The molecule has 1 aromatic rings. The Kier molecular flexibility index (Phi) is 3.21. The lowest BCUT2D eigenvalue weighted by atomic mass is 10.4. The molecule has 0 bridgehead atoms. The van der Waals surface area contributed by atoms with Gasteiger partial charge in [0.1, 0.15) is 0 Å². The lowest BCUT2D eigenvalue weighted by Gasteiger charge is -2.05. The number of sulfone groups is 1. The molecule has 0 N–H and O–H groups in total. The van der Waals surface area contributed by atoms with E-state index in [1.807, 2.05) is 0 Å². The van der Waals surface area contributed by atoms with Crippen molar-refractivity contribution in [2.45, 2.75) is 10.3 Å². The van der Waals surface area contributed by atoms with Crippen LogP contribution in [0.15, 0.2) is 47.9 Å². The van der Waals surface area contributed by atoms with E-state index >= 15 is 0 Å².